The van der Waals surface area contributed by atoms with Crippen LogP contribution in [0.15, 0.2) is 11.6 Å². The molecular weight excluding hydrogens is 314 g/mol. The topological polar surface area (TPSA) is 82.1 Å². The summed E-state index contributed by atoms with van der Waals surface area (Å²) in [4.78, 5) is 46.1. The van der Waals surface area contributed by atoms with Crippen LogP contribution in [0.5, 0.6) is 0 Å². The second-order valence-electron chi connectivity index (χ2n) is 7.65. The number of carbonyl (C=O) groups excluding carboxylic acids is 3. The van der Waals surface area contributed by atoms with E-state index in [1.54, 1.807) is 0 Å². The monoisotopic (exact) mass is 337 g/mol. The number of rotatable bonds is 5. The first-order valence-electron chi connectivity index (χ1n) is 8.28. The molecule has 1 heterocycles. The molecule has 0 spiro atoms. The second kappa shape index (κ2) is 5.67. The van der Waals surface area contributed by atoms with Gasteiger partial charge in [-0.3, -0.25) is 19.4 Å². The SMILES string of the molecule is CC1=CC(=O)N(CC(=O)OOOC23CC(CCC2C)C3(C)C)C1=O. The van der Waals surface area contributed by atoms with Gasteiger partial charge in [0, 0.05) is 17.1 Å². The molecule has 3 unspecified atom stereocenters. The molecule has 0 aromatic carbocycles. The Morgan fingerprint density at radius 1 is 1.33 bits per heavy atom. The highest BCUT2D eigenvalue weighted by molar-refractivity contribution is 6.16. The molecule has 2 amide bonds. The standard InChI is InChI=1S/C17H23NO6/c1-10-7-13(19)18(15(10)21)9-14(20)22-24-23-17-8-12(16(17,3)4)6-5-11(17)2/h7,11-12H,5-6,8-9H2,1-4H3. The summed E-state index contributed by atoms with van der Waals surface area (Å²) in [7, 11) is 0. The van der Waals surface area contributed by atoms with E-state index in [9.17, 15) is 14.4 Å². The Labute approximate surface area is 140 Å². The van der Waals surface area contributed by atoms with Crippen LogP contribution >= 0.6 is 0 Å². The van der Waals surface area contributed by atoms with Gasteiger partial charge in [-0.15, -0.1) is 0 Å². The highest BCUT2D eigenvalue weighted by Crippen LogP contribution is 2.65. The average Bonchev–Trinajstić information content (AvgIpc) is 2.75. The number of imide groups is 1. The number of nitrogens with zero attached hydrogens (tertiary/aromatic N) is 1. The summed E-state index contributed by atoms with van der Waals surface area (Å²) in [6, 6.07) is 0. The molecule has 0 aromatic heterocycles. The third-order valence-corrected chi connectivity index (χ3v) is 6.19. The van der Waals surface area contributed by atoms with Crippen molar-refractivity contribution in [2.45, 2.75) is 52.6 Å². The van der Waals surface area contributed by atoms with E-state index in [4.69, 9.17) is 9.93 Å². The van der Waals surface area contributed by atoms with Gasteiger partial charge in [-0.2, -0.15) is 4.89 Å². The van der Waals surface area contributed by atoms with Gasteiger partial charge < -0.3 is 0 Å². The first-order chi connectivity index (χ1) is 11.2. The average molecular weight is 337 g/mol. The summed E-state index contributed by atoms with van der Waals surface area (Å²) in [6.07, 6.45) is 4.29. The Kier molecular flexibility index (Phi) is 4.04. The van der Waals surface area contributed by atoms with Gasteiger partial charge >= 0.3 is 5.97 Å². The second-order valence-corrected chi connectivity index (χ2v) is 7.65. The van der Waals surface area contributed by atoms with Crippen LogP contribution in [-0.2, 0) is 29.2 Å². The Morgan fingerprint density at radius 2 is 2.04 bits per heavy atom. The normalized spacial score (nSPS) is 34.0. The molecule has 3 fully saturated rings. The summed E-state index contributed by atoms with van der Waals surface area (Å²) in [5.74, 6) is -1.00. The summed E-state index contributed by atoms with van der Waals surface area (Å²) in [5, 5.41) is 4.77. The van der Waals surface area contributed by atoms with Crippen LogP contribution < -0.4 is 0 Å². The predicted molar refractivity (Wildman–Crippen MR) is 81.8 cm³/mol. The van der Waals surface area contributed by atoms with E-state index in [0.29, 0.717) is 17.4 Å². The Balaban J connectivity index is 1.51. The Morgan fingerprint density at radius 3 is 2.58 bits per heavy atom. The van der Waals surface area contributed by atoms with Crippen molar-refractivity contribution in [2.75, 3.05) is 6.54 Å². The van der Waals surface area contributed by atoms with Crippen molar-refractivity contribution < 1.29 is 29.2 Å². The molecule has 0 aromatic rings. The molecule has 0 saturated heterocycles. The maximum absolute atomic E-state index is 11.8. The molecular formula is C17H23NO6. The fourth-order valence-corrected chi connectivity index (χ4v) is 4.36. The zero-order valence-corrected chi connectivity index (χ0v) is 14.5. The molecule has 132 valence electrons. The van der Waals surface area contributed by atoms with Gasteiger partial charge in [-0.05, 0) is 43.1 Å². The molecule has 4 aliphatic rings. The van der Waals surface area contributed by atoms with Gasteiger partial charge in [0.25, 0.3) is 11.8 Å². The smallest absolute Gasteiger partial charge is 0.269 e. The fraction of sp³-hybridized carbons (Fsp3) is 0.706. The van der Waals surface area contributed by atoms with E-state index >= 15 is 0 Å². The van der Waals surface area contributed by atoms with Gasteiger partial charge in [0.2, 0.25) is 0 Å². The van der Waals surface area contributed by atoms with Gasteiger partial charge in [0.1, 0.15) is 12.1 Å². The lowest BCUT2D eigenvalue weighted by molar-refractivity contribution is -0.557. The van der Waals surface area contributed by atoms with Crippen molar-refractivity contribution >= 4 is 17.8 Å². The molecule has 3 aliphatic carbocycles. The molecule has 0 N–H and O–H groups in total. The van der Waals surface area contributed by atoms with E-state index in [2.05, 4.69) is 25.7 Å². The third-order valence-electron chi connectivity index (χ3n) is 6.19. The van der Waals surface area contributed by atoms with E-state index in [1.807, 2.05) is 0 Å². The van der Waals surface area contributed by atoms with Crippen LogP contribution in [-0.4, -0.2) is 34.8 Å². The zero-order chi connectivity index (χ0) is 17.7. The first-order valence-corrected chi connectivity index (χ1v) is 8.28. The molecule has 1 aliphatic heterocycles. The number of hydrogen-bond acceptors (Lipinski definition) is 6. The molecule has 4 rings (SSSR count). The third kappa shape index (κ3) is 2.38. The Hall–Kier alpha value is -1.73. The predicted octanol–water partition coefficient (Wildman–Crippen LogP) is 1.92. The quantitative estimate of drug-likeness (QED) is 0.433. The van der Waals surface area contributed by atoms with E-state index < -0.39 is 29.9 Å². The van der Waals surface area contributed by atoms with Gasteiger partial charge in [0.05, 0.1) is 0 Å². The minimum absolute atomic E-state index is 0.0427. The van der Waals surface area contributed by atoms with Crippen molar-refractivity contribution in [3.05, 3.63) is 11.6 Å². The summed E-state index contributed by atoms with van der Waals surface area (Å²) in [5.41, 5.74) is -0.214. The van der Waals surface area contributed by atoms with E-state index in [1.165, 1.54) is 19.4 Å². The summed E-state index contributed by atoms with van der Waals surface area (Å²) >= 11 is 0. The minimum Gasteiger partial charge on any atom is -0.269 e. The molecule has 2 bridgehead atoms. The van der Waals surface area contributed by atoms with Crippen LogP contribution in [0.25, 0.3) is 0 Å². The maximum atomic E-state index is 11.8. The largest absolute Gasteiger partial charge is 0.365 e. The van der Waals surface area contributed by atoms with Gasteiger partial charge in [0.15, 0.2) is 0 Å². The number of carbonyl (C=O) groups is 3. The molecule has 7 nitrogen and oxygen atoms in total. The lowest BCUT2D eigenvalue weighted by atomic mass is 9.43. The van der Waals surface area contributed by atoms with Gasteiger partial charge in [-0.25, -0.2) is 4.79 Å². The fourth-order valence-electron chi connectivity index (χ4n) is 4.36. The van der Waals surface area contributed by atoms with Crippen LogP contribution in [0.1, 0.15) is 47.0 Å². The first kappa shape index (κ1) is 17.1. The number of amides is 2. The zero-order valence-electron chi connectivity index (χ0n) is 14.5. The number of fused-ring (bicyclic) bond motifs is 2. The Bertz CT molecular complexity index is 625. The van der Waals surface area contributed by atoms with Gasteiger partial charge in [-0.1, -0.05) is 20.8 Å². The van der Waals surface area contributed by atoms with Crippen LogP contribution in [0, 0.1) is 17.3 Å². The van der Waals surface area contributed by atoms with Crippen molar-refractivity contribution in [3.8, 4) is 0 Å². The van der Waals surface area contributed by atoms with Crippen LogP contribution in [0.4, 0.5) is 0 Å². The van der Waals surface area contributed by atoms with Crippen LogP contribution in [0.3, 0.4) is 0 Å². The van der Waals surface area contributed by atoms with Crippen LogP contribution in [0.2, 0.25) is 0 Å². The highest BCUT2D eigenvalue weighted by Gasteiger charge is 2.67. The lowest BCUT2D eigenvalue weighted by Crippen LogP contribution is -2.68. The summed E-state index contributed by atoms with van der Waals surface area (Å²) in [6.45, 7) is 7.40. The molecule has 3 atom stereocenters. The molecule has 7 heteroatoms. The van der Waals surface area contributed by atoms with Crippen molar-refractivity contribution in [3.63, 3.8) is 0 Å². The van der Waals surface area contributed by atoms with E-state index in [0.717, 1.165) is 17.7 Å². The molecule has 3 saturated carbocycles. The maximum Gasteiger partial charge on any atom is 0.365 e. The summed E-state index contributed by atoms with van der Waals surface area (Å²) < 4.78 is 0. The van der Waals surface area contributed by atoms with Crippen molar-refractivity contribution in [1.82, 2.24) is 4.90 Å². The number of hydrogen-bond donors (Lipinski definition) is 0. The minimum atomic E-state index is -0.853. The van der Waals surface area contributed by atoms with Crippen molar-refractivity contribution in [2.24, 2.45) is 17.3 Å². The molecule has 0 radical (unpaired) electrons. The molecule has 24 heavy (non-hydrogen) atoms. The highest BCUT2D eigenvalue weighted by atomic mass is 17.5. The lowest BCUT2D eigenvalue weighted by Gasteiger charge is -2.65. The van der Waals surface area contributed by atoms with Crippen molar-refractivity contribution in [1.29, 1.82) is 0 Å². The van der Waals surface area contributed by atoms with E-state index in [-0.39, 0.29) is 5.41 Å².